The van der Waals surface area contributed by atoms with Crippen LogP contribution < -0.4 is 0 Å². The first-order valence-electron chi connectivity index (χ1n) is 6.52. The predicted octanol–water partition coefficient (Wildman–Crippen LogP) is 3.16. The highest BCUT2D eigenvalue weighted by Crippen LogP contribution is 2.22. The maximum absolute atomic E-state index is 11.0. The van der Waals surface area contributed by atoms with E-state index in [0.717, 1.165) is 41.2 Å². The minimum Gasteiger partial charge on any atom is -0.298 e. The minimum absolute atomic E-state index is 0.703. The van der Waals surface area contributed by atoms with Gasteiger partial charge in [-0.3, -0.25) is 9.48 Å². The van der Waals surface area contributed by atoms with E-state index < -0.39 is 0 Å². The van der Waals surface area contributed by atoms with Crippen molar-refractivity contribution in [1.29, 1.82) is 0 Å². The van der Waals surface area contributed by atoms with E-state index >= 15 is 0 Å². The zero-order chi connectivity index (χ0) is 14.1. The summed E-state index contributed by atoms with van der Waals surface area (Å²) in [6.07, 6.45) is 1.71. The number of aryl methyl sites for hydroxylation is 3. The third kappa shape index (κ3) is 2.25. The average molecular weight is 285 g/mol. The molecular formula is C15H15N3OS. The number of carbonyl (C=O) groups is 1. The normalized spacial score (nSPS) is 11.1. The van der Waals surface area contributed by atoms with Crippen LogP contribution in [0.2, 0.25) is 0 Å². The lowest BCUT2D eigenvalue weighted by Gasteiger charge is -2.02. The Morgan fingerprint density at radius 3 is 2.80 bits per heavy atom. The lowest BCUT2D eigenvalue weighted by molar-refractivity contribution is 0.112. The number of carbonyl (C=O) groups excluding carboxylic acids is 1. The quantitative estimate of drug-likeness (QED) is 0.692. The number of thiazole rings is 1. The number of hydrogen-bond donors (Lipinski definition) is 0. The van der Waals surface area contributed by atoms with Gasteiger partial charge in [-0.25, -0.2) is 4.98 Å². The van der Waals surface area contributed by atoms with Crippen molar-refractivity contribution in [2.45, 2.75) is 26.8 Å². The Kier molecular flexibility index (Phi) is 3.36. The van der Waals surface area contributed by atoms with Gasteiger partial charge >= 0.3 is 0 Å². The minimum atomic E-state index is 0.703. The summed E-state index contributed by atoms with van der Waals surface area (Å²) in [6, 6.07) is 8.15. The number of hydrogen-bond acceptors (Lipinski definition) is 4. The SMILES string of the molecule is Cc1nn(CCc2nc3ccccc3s2)c(C)c1C=O. The van der Waals surface area contributed by atoms with E-state index in [1.165, 1.54) is 4.70 Å². The number of fused-ring (bicyclic) bond motifs is 1. The molecule has 3 aromatic rings. The van der Waals surface area contributed by atoms with Crippen LogP contribution in [0, 0.1) is 13.8 Å². The Morgan fingerprint density at radius 1 is 1.30 bits per heavy atom. The summed E-state index contributed by atoms with van der Waals surface area (Å²) in [5, 5.41) is 5.52. The van der Waals surface area contributed by atoms with Gasteiger partial charge in [0.25, 0.3) is 0 Å². The summed E-state index contributed by atoms with van der Waals surface area (Å²) in [5.41, 5.74) is 3.48. The zero-order valence-electron chi connectivity index (χ0n) is 11.5. The highest BCUT2D eigenvalue weighted by molar-refractivity contribution is 7.18. The smallest absolute Gasteiger partial charge is 0.153 e. The van der Waals surface area contributed by atoms with Crippen molar-refractivity contribution >= 4 is 27.8 Å². The molecule has 5 heteroatoms. The molecule has 0 amide bonds. The van der Waals surface area contributed by atoms with Gasteiger partial charge in [0.05, 0.1) is 26.5 Å². The maximum Gasteiger partial charge on any atom is 0.153 e. The number of nitrogens with zero attached hydrogens (tertiary/aromatic N) is 3. The third-order valence-corrected chi connectivity index (χ3v) is 4.53. The van der Waals surface area contributed by atoms with Gasteiger partial charge in [-0.2, -0.15) is 5.10 Å². The Bertz CT molecular complexity index is 740. The summed E-state index contributed by atoms with van der Waals surface area (Å²) < 4.78 is 3.11. The molecule has 0 aliphatic rings. The predicted molar refractivity (Wildman–Crippen MR) is 80.4 cm³/mol. The van der Waals surface area contributed by atoms with Gasteiger partial charge in [0.2, 0.25) is 0 Å². The average Bonchev–Trinajstić information content (AvgIpc) is 2.97. The van der Waals surface area contributed by atoms with Gasteiger partial charge in [0.15, 0.2) is 6.29 Å². The van der Waals surface area contributed by atoms with Crippen molar-refractivity contribution in [1.82, 2.24) is 14.8 Å². The van der Waals surface area contributed by atoms with E-state index in [-0.39, 0.29) is 0 Å². The fraction of sp³-hybridized carbons (Fsp3) is 0.267. The second kappa shape index (κ2) is 5.17. The molecule has 0 fully saturated rings. The van der Waals surface area contributed by atoms with Crippen LogP contribution in [0.1, 0.15) is 26.8 Å². The Hall–Kier alpha value is -2.01. The van der Waals surface area contributed by atoms with Gasteiger partial charge in [-0.05, 0) is 26.0 Å². The van der Waals surface area contributed by atoms with Crippen molar-refractivity contribution < 1.29 is 4.79 Å². The summed E-state index contributed by atoms with van der Waals surface area (Å²) in [6.45, 7) is 4.55. The molecule has 0 bridgehead atoms. The molecule has 20 heavy (non-hydrogen) atoms. The van der Waals surface area contributed by atoms with E-state index in [9.17, 15) is 4.79 Å². The fourth-order valence-electron chi connectivity index (χ4n) is 2.33. The summed E-state index contributed by atoms with van der Waals surface area (Å²) >= 11 is 1.72. The Labute approximate surface area is 121 Å². The first kappa shape index (κ1) is 13.0. The van der Waals surface area contributed by atoms with Crippen LogP contribution >= 0.6 is 11.3 Å². The first-order valence-corrected chi connectivity index (χ1v) is 7.34. The molecule has 2 aromatic heterocycles. The lowest BCUT2D eigenvalue weighted by atomic mass is 10.2. The molecule has 0 N–H and O–H groups in total. The number of rotatable bonds is 4. The molecule has 0 aliphatic heterocycles. The maximum atomic E-state index is 11.0. The van der Waals surface area contributed by atoms with Crippen LogP contribution in [0.15, 0.2) is 24.3 Å². The molecule has 102 valence electrons. The summed E-state index contributed by atoms with van der Waals surface area (Å²) in [4.78, 5) is 15.6. The van der Waals surface area contributed by atoms with Gasteiger partial charge in [-0.15, -0.1) is 11.3 Å². The largest absolute Gasteiger partial charge is 0.298 e. The first-order chi connectivity index (χ1) is 9.69. The standard InChI is InChI=1S/C15H15N3OS/c1-10-12(9-19)11(2)18(17-10)8-7-15-16-13-5-3-4-6-14(13)20-15/h3-6,9H,7-8H2,1-2H3. The van der Waals surface area contributed by atoms with Gasteiger partial charge in [0.1, 0.15) is 0 Å². The monoisotopic (exact) mass is 285 g/mol. The zero-order valence-corrected chi connectivity index (χ0v) is 12.3. The molecule has 2 heterocycles. The van der Waals surface area contributed by atoms with Gasteiger partial charge < -0.3 is 0 Å². The van der Waals surface area contributed by atoms with Crippen LogP contribution in [0.3, 0.4) is 0 Å². The number of aldehydes is 1. The van der Waals surface area contributed by atoms with Crippen LogP contribution in [-0.2, 0) is 13.0 Å². The second-order valence-corrected chi connectivity index (χ2v) is 5.87. The summed E-state index contributed by atoms with van der Waals surface area (Å²) in [5.74, 6) is 0. The van der Waals surface area contributed by atoms with Crippen molar-refractivity contribution in [3.8, 4) is 0 Å². The highest BCUT2D eigenvalue weighted by Gasteiger charge is 2.11. The molecule has 4 nitrogen and oxygen atoms in total. The molecule has 0 unspecified atom stereocenters. The Balaban J connectivity index is 1.81. The van der Waals surface area contributed by atoms with Crippen LogP contribution in [0.5, 0.6) is 0 Å². The van der Waals surface area contributed by atoms with Crippen LogP contribution in [-0.4, -0.2) is 21.1 Å². The third-order valence-electron chi connectivity index (χ3n) is 3.43. The Morgan fingerprint density at radius 2 is 2.10 bits per heavy atom. The summed E-state index contributed by atoms with van der Waals surface area (Å²) in [7, 11) is 0. The van der Waals surface area contributed by atoms with E-state index in [1.54, 1.807) is 11.3 Å². The molecule has 0 radical (unpaired) electrons. The van der Waals surface area contributed by atoms with Crippen molar-refractivity contribution in [3.05, 3.63) is 46.2 Å². The van der Waals surface area contributed by atoms with Crippen molar-refractivity contribution in [2.75, 3.05) is 0 Å². The molecule has 0 atom stereocenters. The van der Waals surface area contributed by atoms with Crippen molar-refractivity contribution in [2.24, 2.45) is 0 Å². The number of para-hydroxylation sites is 1. The molecule has 0 spiro atoms. The molecular weight excluding hydrogens is 270 g/mol. The van der Waals surface area contributed by atoms with Gasteiger partial charge in [0, 0.05) is 18.7 Å². The van der Waals surface area contributed by atoms with E-state index in [1.807, 2.05) is 36.7 Å². The fourth-order valence-corrected chi connectivity index (χ4v) is 3.28. The molecule has 0 saturated heterocycles. The van der Waals surface area contributed by atoms with Crippen molar-refractivity contribution in [3.63, 3.8) is 0 Å². The highest BCUT2D eigenvalue weighted by atomic mass is 32.1. The second-order valence-electron chi connectivity index (χ2n) is 4.75. The topological polar surface area (TPSA) is 47.8 Å². The lowest BCUT2D eigenvalue weighted by Crippen LogP contribution is -2.05. The number of aromatic nitrogens is 3. The van der Waals surface area contributed by atoms with E-state index in [2.05, 4.69) is 16.1 Å². The molecule has 1 aromatic carbocycles. The molecule has 0 saturated carbocycles. The van der Waals surface area contributed by atoms with Crippen LogP contribution in [0.4, 0.5) is 0 Å². The molecule has 3 rings (SSSR count). The molecule has 0 aliphatic carbocycles. The van der Waals surface area contributed by atoms with Gasteiger partial charge in [-0.1, -0.05) is 12.1 Å². The van der Waals surface area contributed by atoms with E-state index in [0.29, 0.717) is 5.56 Å². The number of benzene rings is 1. The van der Waals surface area contributed by atoms with Crippen LogP contribution in [0.25, 0.3) is 10.2 Å². The van der Waals surface area contributed by atoms with E-state index in [4.69, 9.17) is 0 Å².